The number of nitrogens with zero attached hydrogens (tertiary/aromatic N) is 2. The van der Waals surface area contributed by atoms with E-state index < -0.39 is 0 Å². The molecule has 2 rings (SSSR count). The van der Waals surface area contributed by atoms with Crippen LogP contribution in [0.25, 0.3) is 11.3 Å². The molecule has 0 radical (unpaired) electrons. The topological polar surface area (TPSA) is 44.2 Å². The molecule has 0 spiro atoms. The average Bonchev–Trinajstić information content (AvgIpc) is 2.98. The number of aromatic nitrogens is 2. The molecule has 7 heteroatoms. The van der Waals surface area contributed by atoms with Crippen LogP contribution in [0.2, 0.25) is 0 Å². The second-order valence-corrected chi connectivity index (χ2v) is 6.16. The Morgan fingerprint density at radius 3 is 2.94 bits per heavy atom. The lowest BCUT2D eigenvalue weighted by Crippen LogP contribution is -2.11. The van der Waals surface area contributed by atoms with Crippen molar-refractivity contribution in [2.45, 2.75) is 9.65 Å². The van der Waals surface area contributed by atoms with Gasteiger partial charge in [-0.3, -0.25) is 0 Å². The molecule has 2 aromatic heterocycles. The van der Waals surface area contributed by atoms with Gasteiger partial charge in [-0.15, -0.1) is 16.4 Å². The minimum atomic E-state index is 0.0278. The van der Waals surface area contributed by atoms with E-state index in [2.05, 4.69) is 21.0 Å². The Kier molecular flexibility index (Phi) is 4.93. The predicted molar refractivity (Wildman–Crippen MR) is 71.8 cm³/mol. The van der Waals surface area contributed by atoms with Crippen molar-refractivity contribution in [3.63, 3.8) is 0 Å². The molecule has 0 bridgehead atoms. The number of thioether (sulfide) groups is 1. The van der Waals surface area contributed by atoms with Crippen molar-refractivity contribution in [2.24, 2.45) is 0 Å². The molecular weight excluding hydrogens is 276 g/mol. The highest BCUT2D eigenvalue weighted by atomic mass is 32.2. The summed E-state index contributed by atoms with van der Waals surface area (Å²) in [4.78, 5) is 0. The Hall–Kier alpha value is -0.470. The van der Waals surface area contributed by atoms with Gasteiger partial charge in [0, 0.05) is 30.5 Å². The Morgan fingerprint density at radius 2 is 2.29 bits per heavy atom. The molecule has 0 aliphatic heterocycles. The van der Waals surface area contributed by atoms with Crippen LogP contribution >= 0.6 is 34.6 Å². The SMILES string of the molecule is COCC(OC)Sc1cc(-c2csnn2)cs1. The minimum absolute atomic E-state index is 0.0278. The predicted octanol–water partition coefficient (Wildman–Crippen LogP) is 2.98. The van der Waals surface area contributed by atoms with Crippen LogP contribution in [0.15, 0.2) is 21.0 Å². The highest BCUT2D eigenvalue weighted by Crippen LogP contribution is 2.34. The smallest absolute Gasteiger partial charge is 0.131 e. The van der Waals surface area contributed by atoms with Gasteiger partial charge >= 0.3 is 0 Å². The summed E-state index contributed by atoms with van der Waals surface area (Å²) in [7, 11) is 3.36. The van der Waals surface area contributed by atoms with Crippen LogP contribution in [0.3, 0.4) is 0 Å². The van der Waals surface area contributed by atoms with Crippen molar-refractivity contribution in [3.05, 3.63) is 16.8 Å². The van der Waals surface area contributed by atoms with E-state index in [9.17, 15) is 0 Å². The van der Waals surface area contributed by atoms with Crippen molar-refractivity contribution in [3.8, 4) is 11.3 Å². The fourth-order valence-electron chi connectivity index (χ4n) is 1.22. The highest BCUT2D eigenvalue weighted by molar-refractivity contribution is 8.01. The van der Waals surface area contributed by atoms with Crippen LogP contribution in [0.4, 0.5) is 0 Å². The number of thiophene rings is 1. The molecule has 0 amide bonds. The zero-order valence-corrected chi connectivity index (χ0v) is 11.9. The summed E-state index contributed by atoms with van der Waals surface area (Å²) in [6, 6.07) is 2.10. The second kappa shape index (κ2) is 6.46. The molecule has 2 aromatic rings. The van der Waals surface area contributed by atoms with Crippen LogP contribution < -0.4 is 0 Å². The first-order valence-corrected chi connectivity index (χ1v) is 7.47. The minimum Gasteiger partial charge on any atom is -0.381 e. The van der Waals surface area contributed by atoms with Gasteiger partial charge in [0.2, 0.25) is 0 Å². The third-order valence-electron chi connectivity index (χ3n) is 2.04. The molecule has 0 saturated carbocycles. The van der Waals surface area contributed by atoms with E-state index in [-0.39, 0.29) is 5.44 Å². The Morgan fingerprint density at radius 1 is 1.41 bits per heavy atom. The molecule has 4 nitrogen and oxygen atoms in total. The Labute approximate surface area is 112 Å². The molecule has 17 heavy (non-hydrogen) atoms. The lowest BCUT2D eigenvalue weighted by Gasteiger charge is -2.11. The Bertz CT molecular complexity index is 444. The van der Waals surface area contributed by atoms with Crippen molar-refractivity contribution in [1.82, 2.24) is 9.59 Å². The Balaban J connectivity index is 2.03. The summed E-state index contributed by atoms with van der Waals surface area (Å²) in [6.07, 6.45) is 0. The lowest BCUT2D eigenvalue weighted by atomic mass is 10.3. The van der Waals surface area contributed by atoms with E-state index in [1.165, 1.54) is 15.7 Å². The largest absolute Gasteiger partial charge is 0.381 e. The maximum atomic E-state index is 5.31. The molecule has 2 heterocycles. The standard InChI is InChI=1S/C10H12N2O2S3/c1-13-4-9(14-2)17-10-3-7(5-15-10)8-6-16-12-11-8/h3,5-6,9H,4H2,1-2H3. The number of hydrogen-bond donors (Lipinski definition) is 0. The first-order valence-electron chi connectivity index (χ1n) is 4.88. The summed E-state index contributed by atoms with van der Waals surface area (Å²) in [5, 5.41) is 8.07. The molecule has 0 N–H and O–H groups in total. The maximum Gasteiger partial charge on any atom is 0.131 e. The third kappa shape index (κ3) is 3.49. The van der Waals surface area contributed by atoms with E-state index in [1.54, 1.807) is 37.3 Å². The summed E-state index contributed by atoms with van der Waals surface area (Å²) >= 11 is 4.70. The summed E-state index contributed by atoms with van der Waals surface area (Å²) < 4.78 is 15.4. The highest BCUT2D eigenvalue weighted by Gasteiger charge is 2.12. The van der Waals surface area contributed by atoms with E-state index in [1.807, 2.05) is 5.38 Å². The van der Waals surface area contributed by atoms with Crippen molar-refractivity contribution in [2.75, 3.05) is 20.8 Å². The molecule has 0 saturated heterocycles. The van der Waals surface area contributed by atoms with Crippen LogP contribution in [0, 0.1) is 0 Å². The number of methoxy groups -OCH3 is 2. The number of rotatable bonds is 6. The lowest BCUT2D eigenvalue weighted by molar-refractivity contribution is 0.0813. The van der Waals surface area contributed by atoms with E-state index in [4.69, 9.17) is 9.47 Å². The quantitative estimate of drug-likeness (QED) is 0.604. The van der Waals surface area contributed by atoms with Crippen LogP contribution in [-0.4, -0.2) is 35.8 Å². The van der Waals surface area contributed by atoms with Gasteiger partial charge in [-0.1, -0.05) is 16.3 Å². The van der Waals surface area contributed by atoms with Crippen molar-refractivity contribution >= 4 is 34.6 Å². The van der Waals surface area contributed by atoms with E-state index in [0.717, 1.165) is 11.3 Å². The van der Waals surface area contributed by atoms with Crippen molar-refractivity contribution in [1.29, 1.82) is 0 Å². The monoisotopic (exact) mass is 288 g/mol. The third-order valence-corrected chi connectivity index (χ3v) is 4.79. The van der Waals surface area contributed by atoms with Gasteiger partial charge in [0.15, 0.2) is 0 Å². The normalized spacial score (nSPS) is 12.8. The number of ether oxygens (including phenoxy) is 2. The summed E-state index contributed by atoms with van der Waals surface area (Å²) in [5.74, 6) is 0. The van der Waals surface area contributed by atoms with Gasteiger partial charge in [0.1, 0.15) is 11.1 Å². The maximum absolute atomic E-state index is 5.31. The first-order chi connectivity index (χ1) is 8.33. The molecule has 1 atom stereocenters. The zero-order valence-electron chi connectivity index (χ0n) is 9.45. The second-order valence-electron chi connectivity index (χ2n) is 3.18. The summed E-state index contributed by atoms with van der Waals surface area (Å²) in [5.41, 5.74) is 2.07. The molecule has 0 aliphatic rings. The molecule has 0 fully saturated rings. The van der Waals surface area contributed by atoms with Gasteiger partial charge in [0.25, 0.3) is 0 Å². The fraction of sp³-hybridized carbons (Fsp3) is 0.400. The van der Waals surface area contributed by atoms with E-state index >= 15 is 0 Å². The van der Waals surface area contributed by atoms with Gasteiger partial charge in [-0.05, 0) is 17.6 Å². The number of hydrogen-bond acceptors (Lipinski definition) is 7. The zero-order chi connectivity index (χ0) is 12.1. The average molecular weight is 288 g/mol. The molecule has 92 valence electrons. The van der Waals surface area contributed by atoms with Crippen LogP contribution in [0.5, 0.6) is 0 Å². The first kappa shape index (κ1) is 13.0. The summed E-state index contributed by atoms with van der Waals surface area (Å²) in [6.45, 7) is 0.576. The molecular formula is C10H12N2O2S3. The van der Waals surface area contributed by atoms with Crippen molar-refractivity contribution < 1.29 is 9.47 Å². The van der Waals surface area contributed by atoms with Crippen LogP contribution in [-0.2, 0) is 9.47 Å². The van der Waals surface area contributed by atoms with Gasteiger partial charge in [0.05, 0.1) is 10.8 Å². The van der Waals surface area contributed by atoms with E-state index in [0.29, 0.717) is 6.61 Å². The molecule has 0 aliphatic carbocycles. The fourth-order valence-corrected chi connectivity index (χ4v) is 3.75. The molecule has 1 unspecified atom stereocenters. The van der Waals surface area contributed by atoms with Gasteiger partial charge in [-0.2, -0.15) is 0 Å². The molecule has 0 aromatic carbocycles. The van der Waals surface area contributed by atoms with Gasteiger partial charge in [-0.25, -0.2) is 0 Å². The van der Waals surface area contributed by atoms with Gasteiger partial charge < -0.3 is 9.47 Å². The van der Waals surface area contributed by atoms with Crippen LogP contribution in [0.1, 0.15) is 0 Å².